The molecule has 0 spiro atoms. The van der Waals surface area contributed by atoms with Gasteiger partial charge in [-0.25, -0.2) is 0 Å². The van der Waals surface area contributed by atoms with Crippen molar-refractivity contribution in [2.24, 2.45) is 23.5 Å². The molecular weight excluding hydrogens is 236 g/mol. The summed E-state index contributed by atoms with van der Waals surface area (Å²) in [5, 5.41) is 0. The summed E-state index contributed by atoms with van der Waals surface area (Å²) in [5.74, 6) is 2.46. The molecular formula is C16H30N2O. The summed E-state index contributed by atoms with van der Waals surface area (Å²) < 4.78 is 0. The Bertz CT molecular complexity index is 287. The van der Waals surface area contributed by atoms with Gasteiger partial charge >= 0.3 is 0 Å². The van der Waals surface area contributed by atoms with Gasteiger partial charge in [0.1, 0.15) is 0 Å². The zero-order valence-corrected chi connectivity index (χ0v) is 12.6. The van der Waals surface area contributed by atoms with Crippen LogP contribution in [0.25, 0.3) is 0 Å². The van der Waals surface area contributed by atoms with E-state index in [0.717, 1.165) is 44.7 Å². The SMILES string of the molecule is CC1CC(C)CN(C(=O)CCC2CCC(N)CC2)C1. The van der Waals surface area contributed by atoms with E-state index < -0.39 is 0 Å². The highest BCUT2D eigenvalue weighted by Gasteiger charge is 2.26. The van der Waals surface area contributed by atoms with E-state index >= 15 is 0 Å². The van der Waals surface area contributed by atoms with Crippen LogP contribution >= 0.6 is 0 Å². The van der Waals surface area contributed by atoms with Crippen molar-refractivity contribution in [3.63, 3.8) is 0 Å². The van der Waals surface area contributed by atoms with Gasteiger partial charge in [0.2, 0.25) is 5.91 Å². The van der Waals surface area contributed by atoms with Crippen LogP contribution in [-0.4, -0.2) is 29.9 Å². The van der Waals surface area contributed by atoms with E-state index in [1.807, 2.05) is 0 Å². The third-order valence-corrected chi connectivity index (χ3v) is 4.88. The van der Waals surface area contributed by atoms with Gasteiger partial charge in [-0.05, 0) is 56.3 Å². The van der Waals surface area contributed by atoms with Crippen LogP contribution in [0.1, 0.15) is 58.8 Å². The van der Waals surface area contributed by atoms with Crippen molar-refractivity contribution in [3.05, 3.63) is 0 Å². The summed E-state index contributed by atoms with van der Waals surface area (Å²) >= 11 is 0. The molecule has 1 saturated carbocycles. The first-order chi connectivity index (χ1) is 9.04. The fourth-order valence-corrected chi connectivity index (χ4v) is 3.83. The first-order valence-electron chi connectivity index (χ1n) is 8.08. The number of amides is 1. The number of piperidine rings is 1. The molecule has 0 aromatic heterocycles. The van der Waals surface area contributed by atoms with Gasteiger partial charge in [-0.2, -0.15) is 0 Å². The smallest absolute Gasteiger partial charge is 0.222 e. The molecule has 0 radical (unpaired) electrons. The molecule has 0 aromatic rings. The predicted molar refractivity (Wildman–Crippen MR) is 78.7 cm³/mol. The summed E-state index contributed by atoms with van der Waals surface area (Å²) in [4.78, 5) is 14.4. The maximum absolute atomic E-state index is 12.3. The Labute approximate surface area is 117 Å². The second-order valence-corrected chi connectivity index (χ2v) is 7.06. The molecule has 0 aromatic carbocycles. The van der Waals surface area contributed by atoms with Crippen LogP contribution in [0, 0.1) is 17.8 Å². The van der Waals surface area contributed by atoms with E-state index in [4.69, 9.17) is 5.73 Å². The van der Waals surface area contributed by atoms with Crippen molar-refractivity contribution >= 4 is 5.91 Å². The molecule has 2 N–H and O–H groups in total. The second kappa shape index (κ2) is 6.74. The van der Waals surface area contributed by atoms with Crippen LogP contribution in [0.15, 0.2) is 0 Å². The van der Waals surface area contributed by atoms with Crippen LogP contribution in [0.2, 0.25) is 0 Å². The van der Waals surface area contributed by atoms with Crippen molar-refractivity contribution < 1.29 is 4.79 Å². The third-order valence-electron chi connectivity index (χ3n) is 4.88. The van der Waals surface area contributed by atoms with Gasteiger partial charge in [0.25, 0.3) is 0 Å². The average molecular weight is 266 g/mol. The topological polar surface area (TPSA) is 46.3 Å². The summed E-state index contributed by atoms with van der Waals surface area (Å²) in [6, 6.07) is 0.413. The molecule has 1 aliphatic heterocycles. The number of nitrogens with two attached hydrogens (primary N) is 1. The number of likely N-dealkylation sites (tertiary alicyclic amines) is 1. The monoisotopic (exact) mass is 266 g/mol. The van der Waals surface area contributed by atoms with E-state index in [9.17, 15) is 4.79 Å². The lowest BCUT2D eigenvalue weighted by Gasteiger charge is -2.35. The van der Waals surface area contributed by atoms with E-state index in [1.165, 1.54) is 19.3 Å². The Morgan fingerprint density at radius 1 is 1.11 bits per heavy atom. The molecule has 3 nitrogen and oxygen atoms in total. The van der Waals surface area contributed by atoms with Crippen LogP contribution in [-0.2, 0) is 4.79 Å². The highest BCUT2D eigenvalue weighted by molar-refractivity contribution is 5.76. The largest absolute Gasteiger partial charge is 0.342 e. The van der Waals surface area contributed by atoms with Crippen molar-refractivity contribution in [1.29, 1.82) is 0 Å². The Morgan fingerprint density at radius 2 is 1.68 bits per heavy atom. The van der Waals surface area contributed by atoms with Crippen LogP contribution in [0.5, 0.6) is 0 Å². The van der Waals surface area contributed by atoms with Crippen molar-refractivity contribution in [3.8, 4) is 0 Å². The molecule has 2 atom stereocenters. The van der Waals surface area contributed by atoms with E-state index in [0.29, 0.717) is 23.8 Å². The first kappa shape index (κ1) is 14.8. The second-order valence-electron chi connectivity index (χ2n) is 7.06. The Kier molecular flexibility index (Phi) is 5.26. The van der Waals surface area contributed by atoms with Gasteiger partial charge < -0.3 is 10.6 Å². The summed E-state index contributed by atoms with van der Waals surface area (Å²) in [5.41, 5.74) is 5.93. The van der Waals surface area contributed by atoms with Crippen molar-refractivity contribution in [2.45, 2.75) is 64.8 Å². The number of carbonyl (C=O) groups is 1. The highest BCUT2D eigenvalue weighted by Crippen LogP contribution is 2.28. The molecule has 110 valence electrons. The van der Waals surface area contributed by atoms with Crippen LogP contribution in [0.4, 0.5) is 0 Å². The molecule has 3 heteroatoms. The van der Waals surface area contributed by atoms with E-state index in [1.54, 1.807) is 0 Å². The molecule has 1 amide bonds. The maximum Gasteiger partial charge on any atom is 0.222 e. The standard InChI is InChI=1S/C16H30N2O/c1-12-9-13(2)11-18(10-12)16(19)8-5-14-3-6-15(17)7-4-14/h12-15H,3-11,17H2,1-2H3. The zero-order valence-electron chi connectivity index (χ0n) is 12.6. The molecule has 1 saturated heterocycles. The first-order valence-corrected chi connectivity index (χ1v) is 8.08. The molecule has 0 bridgehead atoms. The summed E-state index contributed by atoms with van der Waals surface area (Å²) in [6.07, 6.45) is 7.84. The molecule has 2 fully saturated rings. The minimum absolute atomic E-state index is 0.383. The lowest BCUT2D eigenvalue weighted by Crippen LogP contribution is -2.42. The molecule has 1 heterocycles. The third kappa shape index (κ3) is 4.48. The van der Waals surface area contributed by atoms with E-state index in [-0.39, 0.29) is 0 Å². The highest BCUT2D eigenvalue weighted by atomic mass is 16.2. The number of hydrogen-bond donors (Lipinski definition) is 1. The molecule has 1 aliphatic carbocycles. The number of hydrogen-bond acceptors (Lipinski definition) is 2. The molecule has 2 aliphatic rings. The molecule has 2 rings (SSSR count). The minimum Gasteiger partial charge on any atom is -0.342 e. The normalized spacial score (nSPS) is 36.3. The fourth-order valence-electron chi connectivity index (χ4n) is 3.83. The van der Waals surface area contributed by atoms with Crippen molar-refractivity contribution in [1.82, 2.24) is 4.90 Å². The Morgan fingerprint density at radius 3 is 2.26 bits per heavy atom. The minimum atomic E-state index is 0.383. The number of rotatable bonds is 3. The summed E-state index contributed by atoms with van der Waals surface area (Å²) in [6.45, 7) is 6.47. The van der Waals surface area contributed by atoms with Crippen molar-refractivity contribution in [2.75, 3.05) is 13.1 Å². The van der Waals surface area contributed by atoms with Gasteiger partial charge in [-0.3, -0.25) is 4.79 Å². The molecule has 2 unspecified atom stereocenters. The summed E-state index contributed by atoms with van der Waals surface area (Å²) in [7, 11) is 0. The van der Waals surface area contributed by atoms with Crippen LogP contribution in [0.3, 0.4) is 0 Å². The zero-order chi connectivity index (χ0) is 13.8. The molecule has 19 heavy (non-hydrogen) atoms. The average Bonchev–Trinajstić information content (AvgIpc) is 2.36. The number of carbonyl (C=O) groups excluding carboxylic acids is 1. The predicted octanol–water partition coefficient (Wildman–Crippen LogP) is 2.79. The van der Waals surface area contributed by atoms with Gasteiger partial charge in [-0.15, -0.1) is 0 Å². The fraction of sp³-hybridized carbons (Fsp3) is 0.938. The lowest BCUT2D eigenvalue weighted by atomic mass is 9.83. The van der Waals surface area contributed by atoms with Gasteiger partial charge in [0, 0.05) is 25.6 Å². The van der Waals surface area contributed by atoms with E-state index in [2.05, 4.69) is 18.7 Å². The maximum atomic E-state index is 12.3. The number of nitrogens with zero attached hydrogens (tertiary/aromatic N) is 1. The Hall–Kier alpha value is -0.570. The van der Waals surface area contributed by atoms with Gasteiger partial charge in [0.05, 0.1) is 0 Å². The van der Waals surface area contributed by atoms with Crippen LogP contribution < -0.4 is 5.73 Å². The van der Waals surface area contributed by atoms with Gasteiger partial charge in [-0.1, -0.05) is 13.8 Å². The van der Waals surface area contributed by atoms with Gasteiger partial charge in [0.15, 0.2) is 0 Å². The quantitative estimate of drug-likeness (QED) is 0.854. The lowest BCUT2D eigenvalue weighted by molar-refractivity contribution is -0.134. The Balaban J connectivity index is 1.72.